The number of piperidine rings is 1. The van der Waals surface area contributed by atoms with Crippen LogP contribution in [-0.2, 0) is 10.0 Å². The van der Waals surface area contributed by atoms with Gasteiger partial charge in [-0.25, -0.2) is 0 Å². The van der Waals surface area contributed by atoms with Crippen LogP contribution in [0.25, 0.3) is 0 Å². The number of ether oxygens (including phenoxy) is 1. The van der Waals surface area contributed by atoms with Gasteiger partial charge in [0, 0.05) is 19.2 Å². The largest absolute Gasteiger partial charge is 0.490 e. The summed E-state index contributed by atoms with van der Waals surface area (Å²) in [7, 11) is -2.86. The topological polar surface area (TPSA) is 128 Å². The van der Waals surface area contributed by atoms with E-state index in [1.807, 2.05) is 0 Å². The van der Waals surface area contributed by atoms with Gasteiger partial charge in [-0.1, -0.05) is 0 Å². The Balaban J connectivity index is 2.35. The Kier molecular flexibility index (Phi) is 5.04. The van der Waals surface area contributed by atoms with Crippen LogP contribution in [0.15, 0.2) is 27.5 Å². The van der Waals surface area contributed by atoms with Crippen molar-refractivity contribution in [3.8, 4) is 5.75 Å². The van der Waals surface area contributed by atoms with Crippen molar-refractivity contribution in [2.45, 2.75) is 24.2 Å². The lowest BCUT2D eigenvalue weighted by atomic mass is 10.1. The number of nitro groups is 1. The Morgan fingerprint density at radius 2 is 2.00 bits per heavy atom. The molecule has 2 N–H and O–H groups in total. The number of rotatable bonds is 4. The van der Waals surface area contributed by atoms with Crippen LogP contribution < -0.4 is 10.5 Å². The van der Waals surface area contributed by atoms with Crippen molar-refractivity contribution in [1.29, 1.82) is 0 Å². The fourth-order valence-corrected chi connectivity index (χ4v) is 3.30. The highest BCUT2D eigenvalue weighted by Crippen LogP contribution is 2.30. The molecule has 23 heavy (non-hydrogen) atoms. The van der Waals surface area contributed by atoms with E-state index >= 15 is 0 Å². The van der Waals surface area contributed by atoms with E-state index in [-0.39, 0.29) is 16.6 Å². The van der Waals surface area contributed by atoms with Gasteiger partial charge in [0.1, 0.15) is 0 Å². The zero-order chi connectivity index (χ0) is 17.0. The molecule has 9 nitrogen and oxygen atoms in total. The van der Waals surface area contributed by atoms with Crippen LogP contribution in [-0.4, -0.2) is 44.4 Å². The smallest absolute Gasteiger partial charge is 0.312 e. The molecule has 10 heteroatoms. The minimum atomic E-state index is -4.13. The molecule has 1 heterocycles. The maximum atomic E-state index is 12.3. The highest BCUT2D eigenvalue weighted by Gasteiger charge is 2.23. The molecule has 0 unspecified atom stereocenters. The lowest BCUT2D eigenvalue weighted by molar-refractivity contribution is -0.386. The Labute approximate surface area is 134 Å². The molecule has 0 saturated carbocycles. The van der Waals surface area contributed by atoms with Crippen molar-refractivity contribution in [3.63, 3.8) is 0 Å². The predicted octanol–water partition coefficient (Wildman–Crippen LogP) is 1.09. The summed E-state index contributed by atoms with van der Waals surface area (Å²) in [6.45, 7) is 1.29. The molecule has 0 atom stereocenters. The Hall–Kier alpha value is -2.36. The van der Waals surface area contributed by atoms with Gasteiger partial charge in [-0.05, 0) is 31.4 Å². The second kappa shape index (κ2) is 6.82. The fraction of sp³-hybridized carbons (Fsp3) is 0.462. The molecule has 2 rings (SSSR count). The number of nitrogens with zero attached hydrogens (tertiary/aromatic N) is 3. The Bertz CT molecular complexity index is 726. The first-order valence-electron chi connectivity index (χ1n) is 7.03. The first-order valence-corrected chi connectivity index (χ1v) is 8.47. The second-order valence-corrected chi connectivity index (χ2v) is 6.67. The van der Waals surface area contributed by atoms with Gasteiger partial charge in [0.2, 0.25) is 5.96 Å². The number of benzene rings is 1. The van der Waals surface area contributed by atoms with Gasteiger partial charge in [-0.3, -0.25) is 10.1 Å². The van der Waals surface area contributed by atoms with Crippen LogP contribution in [0.4, 0.5) is 5.69 Å². The third kappa shape index (κ3) is 3.89. The van der Waals surface area contributed by atoms with Crippen LogP contribution in [0.3, 0.4) is 0 Å². The molecular weight excluding hydrogens is 324 g/mol. The van der Waals surface area contributed by atoms with Crippen LogP contribution in [0.2, 0.25) is 0 Å². The van der Waals surface area contributed by atoms with Crippen molar-refractivity contribution in [2.24, 2.45) is 10.1 Å². The van der Waals surface area contributed by atoms with Crippen LogP contribution in [0, 0.1) is 10.1 Å². The van der Waals surface area contributed by atoms with Crippen molar-refractivity contribution in [1.82, 2.24) is 4.90 Å². The van der Waals surface area contributed by atoms with E-state index in [0.29, 0.717) is 13.1 Å². The zero-order valence-corrected chi connectivity index (χ0v) is 13.5. The van der Waals surface area contributed by atoms with Crippen LogP contribution in [0.1, 0.15) is 19.3 Å². The SMILES string of the molecule is COc1ccc(S(=O)(=O)N=C(N)N2CCCCC2)cc1[N+](=O)[O-]. The predicted molar refractivity (Wildman–Crippen MR) is 83.9 cm³/mol. The lowest BCUT2D eigenvalue weighted by Crippen LogP contribution is -2.41. The van der Waals surface area contributed by atoms with Crippen molar-refractivity contribution in [3.05, 3.63) is 28.3 Å². The van der Waals surface area contributed by atoms with Gasteiger partial charge < -0.3 is 15.4 Å². The summed E-state index contributed by atoms with van der Waals surface area (Å²) in [5.41, 5.74) is 5.32. The van der Waals surface area contributed by atoms with Crippen molar-refractivity contribution >= 4 is 21.7 Å². The summed E-state index contributed by atoms with van der Waals surface area (Å²) in [4.78, 5) is 11.7. The number of hydrogen-bond donors (Lipinski definition) is 1. The number of hydrogen-bond acceptors (Lipinski definition) is 5. The van der Waals surface area contributed by atoms with E-state index in [0.717, 1.165) is 25.3 Å². The molecule has 0 radical (unpaired) electrons. The minimum Gasteiger partial charge on any atom is -0.490 e. The number of nitrogens with two attached hydrogens (primary N) is 1. The highest BCUT2D eigenvalue weighted by atomic mass is 32.2. The monoisotopic (exact) mass is 342 g/mol. The third-order valence-corrected chi connectivity index (χ3v) is 4.82. The van der Waals surface area contributed by atoms with Crippen molar-refractivity contribution < 1.29 is 18.1 Å². The van der Waals surface area contributed by atoms with E-state index in [1.165, 1.54) is 19.2 Å². The second-order valence-electron chi connectivity index (χ2n) is 5.06. The molecule has 1 aliphatic rings. The summed E-state index contributed by atoms with van der Waals surface area (Å²) >= 11 is 0. The zero-order valence-electron chi connectivity index (χ0n) is 12.6. The van der Waals surface area contributed by atoms with E-state index in [9.17, 15) is 18.5 Å². The summed E-state index contributed by atoms with van der Waals surface area (Å²) in [5.74, 6) is -0.120. The number of likely N-dealkylation sites (tertiary alicyclic amines) is 1. The number of methoxy groups -OCH3 is 1. The molecule has 0 aromatic heterocycles. The Morgan fingerprint density at radius 3 is 2.57 bits per heavy atom. The quantitative estimate of drug-likeness (QED) is 0.375. The molecular formula is C13H18N4O5S. The number of nitro benzene ring substituents is 1. The standard InChI is InChI=1S/C13H18N4O5S/c1-22-12-6-5-10(9-11(12)17(18)19)23(20,21)15-13(14)16-7-3-2-4-8-16/h5-6,9H,2-4,7-8H2,1H3,(H2,14,15). The van der Waals surface area contributed by atoms with Crippen LogP contribution >= 0.6 is 0 Å². The Morgan fingerprint density at radius 1 is 1.35 bits per heavy atom. The highest BCUT2D eigenvalue weighted by molar-refractivity contribution is 7.90. The maximum absolute atomic E-state index is 12.3. The molecule has 1 fully saturated rings. The van der Waals surface area contributed by atoms with Crippen LogP contribution in [0.5, 0.6) is 5.75 Å². The average Bonchev–Trinajstić information content (AvgIpc) is 2.54. The fourth-order valence-electron chi connectivity index (χ4n) is 2.33. The van der Waals surface area contributed by atoms with E-state index < -0.39 is 20.6 Å². The summed E-state index contributed by atoms with van der Waals surface area (Å²) in [5, 5.41) is 11.0. The summed E-state index contributed by atoms with van der Waals surface area (Å²) in [6.07, 6.45) is 2.91. The molecule has 126 valence electrons. The van der Waals surface area contributed by atoms with Gasteiger partial charge in [0.05, 0.1) is 16.9 Å². The summed E-state index contributed by atoms with van der Waals surface area (Å²) in [6, 6.07) is 3.34. The average molecular weight is 342 g/mol. The number of guanidine groups is 1. The summed E-state index contributed by atoms with van der Waals surface area (Å²) < 4.78 is 33.0. The maximum Gasteiger partial charge on any atom is 0.312 e. The van der Waals surface area contributed by atoms with E-state index in [4.69, 9.17) is 10.5 Å². The van der Waals surface area contributed by atoms with Crippen molar-refractivity contribution in [2.75, 3.05) is 20.2 Å². The van der Waals surface area contributed by atoms with Gasteiger partial charge in [-0.2, -0.15) is 8.42 Å². The molecule has 1 aliphatic heterocycles. The molecule has 0 bridgehead atoms. The molecule has 0 aliphatic carbocycles. The lowest BCUT2D eigenvalue weighted by Gasteiger charge is -2.27. The molecule has 0 spiro atoms. The molecule has 1 aromatic rings. The third-order valence-electron chi connectivity index (χ3n) is 3.54. The molecule has 1 aromatic carbocycles. The normalized spacial score (nSPS) is 16.2. The molecule has 0 amide bonds. The minimum absolute atomic E-state index is 0.0260. The van der Waals surface area contributed by atoms with Gasteiger partial charge in [0.15, 0.2) is 5.75 Å². The van der Waals surface area contributed by atoms with E-state index in [2.05, 4.69) is 4.40 Å². The van der Waals surface area contributed by atoms with Gasteiger partial charge in [-0.15, -0.1) is 4.40 Å². The number of sulfonamides is 1. The van der Waals surface area contributed by atoms with Gasteiger partial charge in [0.25, 0.3) is 10.0 Å². The van der Waals surface area contributed by atoms with Gasteiger partial charge >= 0.3 is 5.69 Å². The first kappa shape index (κ1) is 17.0. The van der Waals surface area contributed by atoms with E-state index in [1.54, 1.807) is 4.90 Å². The molecule has 1 saturated heterocycles. The first-order chi connectivity index (χ1) is 10.8.